The molecular weight excluding hydrogens is 238 g/mol. The molecule has 2 N–H and O–H groups in total. The summed E-state index contributed by atoms with van der Waals surface area (Å²) in [4.78, 5) is 13.0. The number of nitrogens with zero attached hydrogens (tertiary/aromatic N) is 3. The van der Waals surface area contributed by atoms with Crippen molar-refractivity contribution in [1.82, 2.24) is 25.1 Å². The second-order valence-corrected chi connectivity index (χ2v) is 5.87. The quantitative estimate of drug-likeness (QED) is 0.819. The average Bonchev–Trinajstić information content (AvgIpc) is 3.06. The highest BCUT2D eigenvalue weighted by Crippen LogP contribution is 2.24. The van der Waals surface area contributed by atoms with E-state index >= 15 is 0 Å². The van der Waals surface area contributed by atoms with E-state index in [1.807, 2.05) is 0 Å². The first kappa shape index (κ1) is 13.1. The second-order valence-electron chi connectivity index (χ2n) is 5.87. The molecular formula is C14H25N5. The van der Waals surface area contributed by atoms with Crippen LogP contribution in [0.4, 0.5) is 0 Å². The third-order valence-corrected chi connectivity index (χ3v) is 4.35. The number of aromatic nitrogens is 2. The number of hydrogen-bond acceptors (Lipinski definition) is 4. The molecule has 19 heavy (non-hydrogen) atoms. The van der Waals surface area contributed by atoms with E-state index in [0.717, 1.165) is 31.9 Å². The molecule has 1 aromatic heterocycles. The van der Waals surface area contributed by atoms with Gasteiger partial charge in [0.25, 0.3) is 0 Å². The number of likely N-dealkylation sites (tertiary alicyclic amines) is 1. The summed E-state index contributed by atoms with van der Waals surface area (Å²) < 4.78 is 0. The van der Waals surface area contributed by atoms with Gasteiger partial charge >= 0.3 is 0 Å². The smallest absolute Gasteiger partial charge is 0.107 e. The van der Waals surface area contributed by atoms with Crippen LogP contribution in [0.15, 0.2) is 6.20 Å². The largest absolute Gasteiger partial charge is 0.346 e. The van der Waals surface area contributed by atoms with Crippen LogP contribution in [0.25, 0.3) is 0 Å². The lowest BCUT2D eigenvalue weighted by Gasteiger charge is -2.26. The van der Waals surface area contributed by atoms with E-state index < -0.39 is 0 Å². The lowest BCUT2D eigenvalue weighted by atomic mass is 10.1. The summed E-state index contributed by atoms with van der Waals surface area (Å²) in [6.07, 6.45) is 4.36. The van der Waals surface area contributed by atoms with Crippen molar-refractivity contribution in [1.29, 1.82) is 0 Å². The number of H-pyrrole nitrogens is 1. The summed E-state index contributed by atoms with van der Waals surface area (Å²) in [5.41, 5.74) is 1.33. The standard InChI is InChI=1S/C14H25N5/c1-18-6-2-12(11-18)13-10-16-14(17-13)3-7-19-8-4-15-5-9-19/h10,12,15H,2-9,11H2,1H3,(H,16,17). The highest BCUT2D eigenvalue weighted by Gasteiger charge is 2.22. The maximum absolute atomic E-state index is 4.55. The van der Waals surface area contributed by atoms with Crippen molar-refractivity contribution in [2.45, 2.75) is 18.8 Å². The van der Waals surface area contributed by atoms with Crippen molar-refractivity contribution in [3.63, 3.8) is 0 Å². The number of imidazole rings is 1. The van der Waals surface area contributed by atoms with Crippen LogP contribution in [0.3, 0.4) is 0 Å². The molecule has 1 atom stereocenters. The minimum Gasteiger partial charge on any atom is -0.346 e. The molecule has 3 heterocycles. The zero-order valence-electron chi connectivity index (χ0n) is 11.9. The van der Waals surface area contributed by atoms with Crippen LogP contribution >= 0.6 is 0 Å². The average molecular weight is 263 g/mol. The van der Waals surface area contributed by atoms with Crippen LogP contribution in [-0.4, -0.2) is 72.6 Å². The molecule has 0 aromatic carbocycles. The van der Waals surface area contributed by atoms with Crippen LogP contribution in [0.1, 0.15) is 23.9 Å². The SMILES string of the molecule is CN1CCC(c2cnc(CCN3CCNCC3)[nH]2)C1. The van der Waals surface area contributed by atoms with Crippen molar-refractivity contribution in [3.05, 3.63) is 17.7 Å². The maximum Gasteiger partial charge on any atom is 0.107 e. The van der Waals surface area contributed by atoms with Crippen LogP contribution in [0.5, 0.6) is 0 Å². The Balaban J connectivity index is 1.50. The van der Waals surface area contributed by atoms with Gasteiger partial charge in [-0.3, -0.25) is 0 Å². The minimum absolute atomic E-state index is 0.658. The van der Waals surface area contributed by atoms with Crippen LogP contribution in [0.2, 0.25) is 0 Å². The van der Waals surface area contributed by atoms with Crippen molar-refractivity contribution < 1.29 is 0 Å². The molecule has 2 fully saturated rings. The predicted octanol–water partition coefficient (Wildman–Crippen LogP) is 0.277. The highest BCUT2D eigenvalue weighted by molar-refractivity contribution is 5.10. The fourth-order valence-corrected chi connectivity index (χ4v) is 3.10. The van der Waals surface area contributed by atoms with Gasteiger partial charge in [-0.25, -0.2) is 4.98 Å². The van der Waals surface area contributed by atoms with Gasteiger partial charge in [0.2, 0.25) is 0 Å². The number of likely N-dealkylation sites (N-methyl/N-ethyl adjacent to an activating group) is 1. The Morgan fingerprint density at radius 3 is 2.89 bits per heavy atom. The summed E-state index contributed by atoms with van der Waals surface area (Å²) in [5.74, 6) is 1.81. The molecule has 2 aliphatic heterocycles. The molecule has 2 aliphatic rings. The molecule has 1 unspecified atom stereocenters. The zero-order valence-corrected chi connectivity index (χ0v) is 11.9. The summed E-state index contributed by atoms with van der Waals surface area (Å²) in [5, 5.41) is 3.39. The molecule has 1 aromatic rings. The van der Waals surface area contributed by atoms with Crippen molar-refractivity contribution in [2.24, 2.45) is 0 Å². The van der Waals surface area contributed by atoms with E-state index in [4.69, 9.17) is 0 Å². The second kappa shape index (κ2) is 6.03. The van der Waals surface area contributed by atoms with Crippen molar-refractivity contribution in [3.8, 4) is 0 Å². The van der Waals surface area contributed by atoms with Gasteiger partial charge in [-0.1, -0.05) is 0 Å². The van der Waals surface area contributed by atoms with E-state index in [0.29, 0.717) is 5.92 Å². The molecule has 3 rings (SSSR count). The van der Waals surface area contributed by atoms with E-state index in [2.05, 4.69) is 38.3 Å². The maximum atomic E-state index is 4.55. The Morgan fingerprint density at radius 2 is 2.16 bits per heavy atom. The Labute approximate surface area is 115 Å². The van der Waals surface area contributed by atoms with E-state index in [-0.39, 0.29) is 0 Å². The molecule has 0 amide bonds. The normalized spacial score (nSPS) is 26.1. The summed E-state index contributed by atoms with van der Waals surface area (Å²) in [6.45, 7) is 8.08. The predicted molar refractivity (Wildman–Crippen MR) is 76.5 cm³/mol. The summed E-state index contributed by atoms with van der Waals surface area (Å²) in [6, 6.07) is 0. The van der Waals surface area contributed by atoms with Crippen LogP contribution < -0.4 is 5.32 Å². The summed E-state index contributed by atoms with van der Waals surface area (Å²) in [7, 11) is 2.20. The van der Waals surface area contributed by atoms with E-state index in [1.54, 1.807) is 0 Å². The molecule has 0 aliphatic carbocycles. The van der Waals surface area contributed by atoms with Crippen molar-refractivity contribution in [2.75, 3.05) is 52.9 Å². The van der Waals surface area contributed by atoms with Gasteiger partial charge in [-0.2, -0.15) is 0 Å². The first-order chi connectivity index (χ1) is 9.31. The fraction of sp³-hybridized carbons (Fsp3) is 0.786. The first-order valence-corrected chi connectivity index (χ1v) is 7.46. The lowest BCUT2D eigenvalue weighted by Crippen LogP contribution is -2.44. The topological polar surface area (TPSA) is 47.2 Å². The van der Waals surface area contributed by atoms with Gasteiger partial charge < -0.3 is 20.1 Å². The molecule has 5 nitrogen and oxygen atoms in total. The third kappa shape index (κ3) is 3.35. The number of hydrogen-bond donors (Lipinski definition) is 2. The Bertz CT molecular complexity index is 396. The molecule has 0 spiro atoms. The Kier molecular flexibility index (Phi) is 4.15. The third-order valence-electron chi connectivity index (χ3n) is 4.35. The fourth-order valence-electron chi connectivity index (χ4n) is 3.10. The number of piperazine rings is 1. The Hall–Kier alpha value is -0.910. The lowest BCUT2D eigenvalue weighted by molar-refractivity contribution is 0.242. The molecule has 5 heteroatoms. The van der Waals surface area contributed by atoms with E-state index in [1.165, 1.54) is 38.3 Å². The molecule has 0 radical (unpaired) electrons. The highest BCUT2D eigenvalue weighted by atomic mass is 15.2. The van der Waals surface area contributed by atoms with Gasteiger partial charge in [0.15, 0.2) is 0 Å². The van der Waals surface area contributed by atoms with Gasteiger partial charge in [0, 0.05) is 63.5 Å². The van der Waals surface area contributed by atoms with Crippen LogP contribution in [0, 0.1) is 0 Å². The number of nitrogens with one attached hydrogen (secondary N) is 2. The first-order valence-electron chi connectivity index (χ1n) is 7.46. The minimum atomic E-state index is 0.658. The van der Waals surface area contributed by atoms with Gasteiger partial charge in [0.05, 0.1) is 0 Å². The zero-order chi connectivity index (χ0) is 13.1. The monoisotopic (exact) mass is 263 g/mol. The molecule has 2 saturated heterocycles. The Morgan fingerprint density at radius 1 is 1.32 bits per heavy atom. The molecule has 0 bridgehead atoms. The molecule has 106 valence electrons. The van der Waals surface area contributed by atoms with Crippen LogP contribution in [-0.2, 0) is 6.42 Å². The van der Waals surface area contributed by atoms with Gasteiger partial charge in [-0.05, 0) is 20.0 Å². The number of aromatic amines is 1. The van der Waals surface area contributed by atoms with E-state index in [9.17, 15) is 0 Å². The van der Waals surface area contributed by atoms with Crippen molar-refractivity contribution >= 4 is 0 Å². The number of rotatable bonds is 4. The van der Waals surface area contributed by atoms with Gasteiger partial charge in [-0.15, -0.1) is 0 Å². The van der Waals surface area contributed by atoms with Gasteiger partial charge in [0.1, 0.15) is 5.82 Å². The summed E-state index contributed by atoms with van der Waals surface area (Å²) >= 11 is 0. The molecule has 0 saturated carbocycles.